The molecule has 6 aliphatic carbocycles. The molecule has 0 atom stereocenters. The minimum atomic E-state index is 1.03. The van der Waals surface area contributed by atoms with Crippen LogP contribution in [-0.2, 0) is 25.7 Å². The number of aryl methyl sites for hydroxylation is 6. The average Bonchev–Trinajstić information content (AvgIpc) is 3.39. The van der Waals surface area contributed by atoms with E-state index in [1.165, 1.54) is 203 Å². The van der Waals surface area contributed by atoms with Crippen molar-refractivity contribution in [2.75, 3.05) is 9.80 Å². The largest absolute Gasteiger partial charge is 0.318 e. The maximum atomic E-state index is 2.58. The predicted octanol–water partition coefficient (Wildman–Crippen LogP) is 19.9. The van der Waals surface area contributed by atoms with Crippen LogP contribution in [0, 0.1) is 13.8 Å². The number of rotatable bonds is 25. The van der Waals surface area contributed by atoms with Crippen LogP contribution in [-0.4, -0.2) is 0 Å². The highest BCUT2D eigenvalue weighted by atomic mass is 15.2. The third kappa shape index (κ3) is 13.1. The number of nitrogens with zero attached hydrogens (tertiary/aromatic N) is 2. The minimum Gasteiger partial charge on any atom is -0.318 e. The van der Waals surface area contributed by atoms with Crippen molar-refractivity contribution in [3.8, 4) is 0 Å². The second-order valence-electron chi connectivity index (χ2n) is 22.5. The Morgan fingerprint density at radius 1 is 0.333 bits per heavy atom. The van der Waals surface area contributed by atoms with Gasteiger partial charge in [-0.2, -0.15) is 0 Å². The molecule has 0 fully saturated rings. The van der Waals surface area contributed by atoms with E-state index in [0.29, 0.717) is 0 Å². The molecule has 374 valence electrons. The molecule has 0 aromatic heterocycles. The molecule has 2 nitrogen and oxygen atoms in total. The average molecular weight is 953 g/mol. The lowest BCUT2D eigenvalue weighted by molar-refractivity contribution is 0.581. The van der Waals surface area contributed by atoms with Crippen molar-refractivity contribution in [1.29, 1.82) is 0 Å². The molecule has 4 aromatic rings. The number of unbranched alkanes of at least 4 members (excludes halogenated alkanes) is 10. The first-order chi connectivity index (χ1) is 35.5. The first-order valence-corrected chi connectivity index (χ1v) is 29.0. The summed E-state index contributed by atoms with van der Waals surface area (Å²) in [6.07, 6.45) is 52.9. The SMILES string of the molecule is Cc1ccc(N(C2=CC=C(CCCCCCCCC3=CC4=C(CC3)CC4)CC2)C2=CC=C(C3=CC=C(N(c4ccc(C)cc4)c4ccc(CCCCCCCCc5ccc6c(c5)CC6)cc4)CC3)CC2)cc1. The van der Waals surface area contributed by atoms with Crippen molar-refractivity contribution in [3.63, 3.8) is 0 Å². The molecule has 4 aromatic carbocycles. The summed E-state index contributed by atoms with van der Waals surface area (Å²) in [5.74, 6) is 0. The van der Waals surface area contributed by atoms with Crippen molar-refractivity contribution >= 4 is 17.1 Å². The van der Waals surface area contributed by atoms with Crippen LogP contribution in [0.15, 0.2) is 184 Å². The molecule has 0 radical (unpaired) electrons. The molecule has 0 amide bonds. The Kier molecular flexibility index (Phi) is 17.3. The lowest BCUT2D eigenvalue weighted by Gasteiger charge is -2.34. The summed E-state index contributed by atoms with van der Waals surface area (Å²) in [6, 6.07) is 35.0. The summed E-state index contributed by atoms with van der Waals surface area (Å²) in [4.78, 5) is 5.09. The normalized spacial score (nSPS) is 17.2. The molecular formula is C70H84N2. The van der Waals surface area contributed by atoms with Gasteiger partial charge in [0.05, 0.1) is 0 Å². The summed E-state index contributed by atoms with van der Waals surface area (Å²) in [7, 11) is 0. The van der Waals surface area contributed by atoms with Gasteiger partial charge in [-0.1, -0.05) is 158 Å². The summed E-state index contributed by atoms with van der Waals surface area (Å²) in [5, 5.41) is 0. The van der Waals surface area contributed by atoms with E-state index < -0.39 is 0 Å². The summed E-state index contributed by atoms with van der Waals surface area (Å²) < 4.78 is 0. The Morgan fingerprint density at radius 3 is 1.29 bits per heavy atom. The second kappa shape index (κ2) is 24.9. The highest BCUT2D eigenvalue weighted by Crippen LogP contribution is 2.41. The van der Waals surface area contributed by atoms with E-state index in [9.17, 15) is 0 Å². The fourth-order valence-electron chi connectivity index (χ4n) is 12.3. The van der Waals surface area contributed by atoms with Crippen LogP contribution in [0.2, 0.25) is 0 Å². The Hall–Kier alpha value is -5.60. The van der Waals surface area contributed by atoms with Gasteiger partial charge in [-0.25, -0.2) is 0 Å². The quantitative estimate of drug-likeness (QED) is 0.0611. The van der Waals surface area contributed by atoms with Gasteiger partial charge in [0.15, 0.2) is 0 Å². The monoisotopic (exact) mass is 953 g/mol. The first kappa shape index (κ1) is 50.0. The maximum Gasteiger partial charge on any atom is 0.0458 e. The first-order valence-electron chi connectivity index (χ1n) is 29.0. The van der Waals surface area contributed by atoms with Gasteiger partial charge in [0.25, 0.3) is 0 Å². The van der Waals surface area contributed by atoms with Gasteiger partial charge < -0.3 is 9.80 Å². The molecule has 2 heteroatoms. The third-order valence-electron chi connectivity index (χ3n) is 17.2. The van der Waals surface area contributed by atoms with Crippen LogP contribution in [0.3, 0.4) is 0 Å². The molecule has 0 saturated carbocycles. The third-order valence-corrected chi connectivity index (χ3v) is 17.2. The van der Waals surface area contributed by atoms with E-state index >= 15 is 0 Å². The van der Waals surface area contributed by atoms with Gasteiger partial charge in [-0.05, 0) is 236 Å². The molecule has 0 aliphatic heterocycles. The number of fused-ring (bicyclic) bond motifs is 1. The smallest absolute Gasteiger partial charge is 0.0458 e. The fourth-order valence-corrected chi connectivity index (χ4v) is 12.3. The van der Waals surface area contributed by atoms with Crippen molar-refractivity contribution in [2.45, 2.75) is 194 Å². The zero-order valence-electron chi connectivity index (χ0n) is 44.4. The Balaban J connectivity index is 0.720. The molecule has 10 rings (SSSR count). The number of anilines is 3. The summed E-state index contributed by atoms with van der Waals surface area (Å²) in [6.45, 7) is 4.38. The highest BCUT2D eigenvalue weighted by Gasteiger charge is 2.24. The summed E-state index contributed by atoms with van der Waals surface area (Å²) >= 11 is 0. The number of hydrogen-bond donors (Lipinski definition) is 0. The van der Waals surface area contributed by atoms with E-state index in [1.807, 2.05) is 0 Å². The fraction of sp³-hybridized carbons (Fsp3) is 0.429. The molecule has 0 saturated heterocycles. The van der Waals surface area contributed by atoms with Crippen molar-refractivity contribution in [3.05, 3.63) is 217 Å². The van der Waals surface area contributed by atoms with E-state index in [4.69, 9.17) is 0 Å². The van der Waals surface area contributed by atoms with Gasteiger partial charge in [-0.15, -0.1) is 0 Å². The zero-order valence-corrected chi connectivity index (χ0v) is 44.4. The van der Waals surface area contributed by atoms with Gasteiger partial charge in [-0.3, -0.25) is 0 Å². The van der Waals surface area contributed by atoms with E-state index in [2.05, 4.69) is 157 Å². The standard InChI is InChI=1S/C70H84N2/c1-53-19-39-65(40-20-53)71(67-43-25-55(26-44-67)15-11-7-3-5-9-13-17-57-23-29-61-31-33-63(61)51-57)69-47-35-59(36-48-69)60-37-49-70(50-38-60)72(66-41-21-54(2)22-42-66)68-45-27-56(28-46-68)16-12-8-4-6-10-14-18-58-24-30-62-32-34-64(62)52-58/h19-23,25-27,29,35,37,39-45,47,49,51-52H,3-18,24,28,30-34,36,38,46,48,50H2,1-2H3. The van der Waals surface area contributed by atoms with Crippen molar-refractivity contribution in [2.24, 2.45) is 0 Å². The zero-order chi connectivity index (χ0) is 48.9. The van der Waals surface area contributed by atoms with Crippen LogP contribution in [0.4, 0.5) is 17.1 Å². The van der Waals surface area contributed by atoms with E-state index in [-0.39, 0.29) is 0 Å². The van der Waals surface area contributed by atoms with Crippen LogP contribution < -0.4 is 9.80 Å². The van der Waals surface area contributed by atoms with Gasteiger partial charge >= 0.3 is 0 Å². The number of hydrogen-bond acceptors (Lipinski definition) is 2. The topological polar surface area (TPSA) is 6.48 Å². The maximum absolute atomic E-state index is 2.58. The highest BCUT2D eigenvalue weighted by molar-refractivity contribution is 5.70. The van der Waals surface area contributed by atoms with Crippen molar-refractivity contribution in [1.82, 2.24) is 0 Å². The second-order valence-corrected chi connectivity index (χ2v) is 22.5. The molecule has 6 aliphatic rings. The van der Waals surface area contributed by atoms with Crippen LogP contribution >= 0.6 is 0 Å². The number of benzene rings is 4. The van der Waals surface area contributed by atoms with Crippen LogP contribution in [0.25, 0.3) is 0 Å². The van der Waals surface area contributed by atoms with Crippen LogP contribution in [0.1, 0.15) is 187 Å². The lowest BCUT2D eigenvalue weighted by Crippen LogP contribution is -2.24. The minimum absolute atomic E-state index is 1.03. The molecule has 0 heterocycles. The summed E-state index contributed by atoms with van der Waals surface area (Å²) in [5.41, 5.74) is 26.6. The predicted molar refractivity (Wildman–Crippen MR) is 309 cm³/mol. The molecule has 72 heavy (non-hydrogen) atoms. The molecule has 0 N–H and O–H groups in total. The van der Waals surface area contributed by atoms with E-state index in [0.717, 1.165) is 38.5 Å². The Labute approximate surface area is 435 Å². The Bertz CT molecular complexity index is 2740. The van der Waals surface area contributed by atoms with Crippen LogP contribution in [0.5, 0.6) is 0 Å². The van der Waals surface area contributed by atoms with E-state index in [1.54, 1.807) is 39.0 Å². The number of allylic oxidation sites excluding steroid dienone is 16. The van der Waals surface area contributed by atoms with Crippen molar-refractivity contribution < 1.29 is 0 Å². The lowest BCUT2D eigenvalue weighted by atomic mass is 9.79. The van der Waals surface area contributed by atoms with Gasteiger partial charge in [0, 0.05) is 34.2 Å². The van der Waals surface area contributed by atoms with Gasteiger partial charge in [0.2, 0.25) is 0 Å². The Morgan fingerprint density at radius 2 is 0.792 bits per heavy atom. The molecular weight excluding hydrogens is 869 g/mol. The van der Waals surface area contributed by atoms with Gasteiger partial charge in [0.1, 0.15) is 0 Å². The molecule has 0 unspecified atom stereocenters. The molecule has 0 spiro atoms. The molecule has 0 bridgehead atoms.